The number of hydrogen-bond donors (Lipinski definition) is 0. The highest BCUT2D eigenvalue weighted by Crippen LogP contribution is 2.28. The SMILES string of the molecule is CCOC(=O)Cc1nc(OC)c(I)cc1C(F)F. The Morgan fingerprint density at radius 1 is 1.56 bits per heavy atom. The predicted octanol–water partition coefficient (Wildman–Crippen LogP) is 2.74. The number of rotatable bonds is 5. The summed E-state index contributed by atoms with van der Waals surface area (Å²) >= 11 is 1.85. The number of aromatic nitrogens is 1. The van der Waals surface area contributed by atoms with Crippen LogP contribution in [0.2, 0.25) is 0 Å². The number of hydrogen-bond acceptors (Lipinski definition) is 4. The number of halogens is 3. The van der Waals surface area contributed by atoms with Crippen molar-refractivity contribution >= 4 is 28.6 Å². The number of carbonyl (C=O) groups is 1. The van der Waals surface area contributed by atoms with Crippen molar-refractivity contribution in [1.82, 2.24) is 4.98 Å². The highest BCUT2D eigenvalue weighted by molar-refractivity contribution is 14.1. The summed E-state index contributed by atoms with van der Waals surface area (Å²) in [6.45, 7) is 1.85. The van der Waals surface area contributed by atoms with Crippen LogP contribution in [0.1, 0.15) is 24.6 Å². The third-order valence-electron chi connectivity index (χ3n) is 2.10. The lowest BCUT2D eigenvalue weighted by Crippen LogP contribution is -2.12. The Hall–Kier alpha value is -0.990. The van der Waals surface area contributed by atoms with E-state index in [9.17, 15) is 13.6 Å². The molecule has 0 saturated carbocycles. The van der Waals surface area contributed by atoms with Gasteiger partial charge in [0, 0.05) is 5.56 Å². The molecule has 1 aromatic heterocycles. The lowest BCUT2D eigenvalue weighted by atomic mass is 10.1. The van der Waals surface area contributed by atoms with E-state index in [0.717, 1.165) is 0 Å². The zero-order valence-electron chi connectivity index (χ0n) is 9.87. The molecule has 0 bridgehead atoms. The first-order valence-corrected chi connectivity index (χ1v) is 6.24. The Kier molecular flexibility index (Phi) is 5.70. The van der Waals surface area contributed by atoms with Crippen LogP contribution in [0, 0.1) is 3.57 Å². The number of carbonyl (C=O) groups excluding carboxylic acids is 1. The average molecular weight is 371 g/mol. The molecule has 0 atom stereocenters. The molecule has 0 amide bonds. The van der Waals surface area contributed by atoms with Crippen molar-refractivity contribution in [2.24, 2.45) is 0 Å². The van der Waals surface area contributed by atoms with Crippen LogP contribution in [0.3, 0.4) is 0 Å². The van der Waals surface area contributed by atoms with Gasteiger partial charge in [-0.3, -0.25) is 4.79 Å². The minimum atomic E-state index is -2.69. The molecule has 7 heteroatoms. The van der Waals surface area contributed by atoms with Crippen molar-refractivity contribution in [3.63, 3.8) is 0 Å². The summed E-state index contributed by atoms with van der Waals surface area (Å²) in [6, 6.07) is 1.27. The van der Waals surface area contributed by atoms with E-state index in [1.165, 1.54) is 13.2 Å². The Morgan fingerprint density at radius 2 is 2.22 bits per heavy atom. The standard InChI is InChI=1S/C11H12F2INO3/c1-3-18-9(16)5-8-6(10(12)13)4-7(14)11(15-8)17-2/h4,10H,3,5H2,1-2H3. The fourth-order valence-electron chi connectivity index (χ4n) is 1.34. The summed E-state index contributed by atoms with van der Waals surface area (Å²) < 4.78 is 35.8. The van der Waals surface area contributed by atoms with E-state index in [-0.39, 0.29) is 30.2 Å². The molecule has 1 aromatic rings. The Bertz CT molecular complexity index is 441. The molecular formula is C11H12F2INO3. The molecule has 0 aliphatic carbocycles. The average Bonchev–Trinajstić information content (AvgIpc) is 2.30. The van der Waals surface area contributed by atoms with E-state index in [1.807, 2.05) is 22.6 Å². The summed E-state index contributed by atoms with van der Waals surface area (Å²) in [6.07, 6.45) is -2.98. The highest BCUT2D eigenvalue weighted by atomic mass is 127. The molecule has 100 valence electrons. The number of alkyl halides is 2. The first kappa shape index (κ1) is 15.1. The van der Waals surface area contributed by atoms with Crippen LogP contribution in [0.5, 0.6) is 5.88 Å². The van der Waals surface area contributed by atoms with Crippen LogP contribution in [0.25, 0.3) is 0 Å². The zero-order chi connectivity index (χ0) is 13.7. The molecule has 0 aliphatic rings. The van der Waals surface area contributed by atoms with Gasteiger partial charge in [0.1, 0.15) is 0 Å². The van der Waals surface area contributed by atoms with Gasteiger partial charge in [0.15, 0.2) is 0 Å². The topological polar surface area (TPSA) is 48.4 Å². The quantitative estimate of drug-likeness (QED) is 0.590. The third-order valence-corrected chi connectivity index (χ3v) is 2.87. The van der Waals surface area contributed by atoms with E-state index in [0.29, 0.717) is 3.57 Å². The summed E-state index contributed by atoms with van der Waals surface area (Å²) in [5.74, 6) is -0.366. The molecule has 4 nitrogen and oxygen atoms in total. The molecule has 0 spiro atoms. The molecule has 18 heavy (non-hydrogen) atoms. The van der Waals surface area contributed by atoms with Crippen molar-refractivity contribution in [2.45, 2.75) is 19.8 Å². The largest absolute Gasteiger partial charge is 0.480 e. The molecule has 0 saturated heterocycles. The zero-order valence-corrected chi connectivity index (χ0v) is 12.0. The predicted molar refractivity (Wildman–Crippen MR) is 68.8 cm³/mol. The maximum absolute atomic E-state index is 12.8. The summed E-state index contributed by atoms with van der Waals surface area (Å²) in [7, 11) is 1.39. The van der Waals surface area contributed by atoms with Gasteiger partial charge in [-0.1, -0.05) is 0 Å². The number of esters is 1. The monoisotopic (exact) mass is 371 g/mol. The smallest absolute Gasteiger partial charge is 0.311 e. The van der Waals surface area contributed by atoms with Crippen LogP contribution in [-0.4, -0.2) is 24.7 Å². The van der Waals surface area contributed by atoms with Gasteiger partial charge in [0.2, 0.25) is 5.88 Å². The molecule has 0 radical (unpaired) electrons. The van der Waals surface area contributed by atoms with Gasteiger partial charge in [-0.15, -0.1) is 0 Å². The van der Waals surface area contributed by atoms with Gasteiger partial charge in [-0.05, 0) is 35.6 Å². The van der Waals surface area contributed by atoms with Gasteiger partial charge in [0.05, 0.1) is 29.4 Å². The Morgan fingerprint density at radius 3 is 2.72 bits per heavy atom. The van der Waals surface area contributed by atoms with Crippen molar-refractivity contribution in [3.8, 4) is 5.88 Å². The van der Waals surface area contributed by atoms with Crippen molar-refractivity contribution in [3.05, 3.63) is 20.9 Å². The lowest BCUT2D eigenvalue weighted by molar-refractivity contribution is -0.142. The van der Waals surface area contributed by atoms with E-state index < -0.39 is 12.4 Å². The van der Waals surface area contributed by atoms with Crippen molar-refractivity contribution < 1.29 is 23.0 Å². The minimum Gasteiger partial charge on any atom is -0.480 e. The fourth-order valence-corrected chi connectivity index (χ4v) is 2.02. The van der Waals surface area contributed by atoms with Gasteiger partial charge < -0.3 is 9.47 Å². The van der Waals surface area contributed by atoms with E-state index in [1.54, 1.807) is 6.92 Å². The normalized spacial score (nSPS) is 10.6. The first-order valence-electron chi connectivity index (χ1n) is 5.16. The van der Waals surface area contributed by atoms with Gasteiger partial charge in [-0.25, -0.2) is 13.8 Å². The molecule has 0 fully saturated rings. The molecule has 1 heterocycles. The fraction of sp³-hybridized carbons (Fsp3) is 0.455. The van der Waals surface area contributed by atoms with Crippen LogP contribution in [0.15, 0.2) is 6.07 Å². The maximum atomic E-state index is 12.8. The summed E-state index contributed by atoms with van der Waals surface area (Å²) in [5.41, 5.74) is -0.283. The van der Waals surface area contributed by atoms with E-state index >= 15 is 0 Å². The van der Waals surface area contributed by atoms with Gasteiger partial charge in [-0.2, -0.15) is 0 Å². The molecule has 0 aliphatic heterocycles. The highest BCUT2D eigenvalue weighted by Gasteiger charge is 2.20. The van der Waals surface area contributed by atoms with Crippen molar-refractivity contribution in [2.75, 3.05) is 13.7 Å². The van der Waals surface area contributed by atoms with E-state index in [2.05, 4.69) is 4.98 Å². The minimum absolute atomic E-state index is 0.0132. The van der Waals surface area contributed by atoms with Crippen molar-refractivity contribution in [1.29, 1.82) is 0 Å². The maximum Gasteiger partial charge on any atom is 0.311 e. The van der Waals surface area contributed by atoms with Crippen LogP contribution < -0.4 is 4.74 Å². The number of ether oxygens (including phenoxy) is 2. The summed E-state index contributed by atoms with van der Waals surface area (Å²) in [5, 5.41) is 0. The first-order chi connectivity index (χ1) is 8.49. The second kappa shape index (κ2) is 6.81. The molecule has 0 aromatic carbocycles. The van der Waals surface area contributed by atoms with Crippen LogP contribution in [0.4, 0.5) is 8.78 Å². The molecule has 1 rings (SSSR count). The number of methoxy groups -OCH3 is 1. The number of pyridine rings is 1. The number of nitrogens with zero attached hydrogens (tertiary/aromatic N) is 1. The Balaban J connectivity index is 3.10. The van der Waals surface area contributed by atoms with E-state index in [4.69, 9.17) is 9.47 Å². The molecule has 0 unspecified atom stereocenters. The lowest BCUT2D eigenvalue weighted by Gasteiger charge is -2.11. The van der Waals surface area contributed by atoms with Gasteiger partial charge in [0.25, 0.3) is 6.43 Å². The summed E-state index contributed by atoms with van der Waals surface area (Å²) in [4.78, 5) is 15.2. The molecule has 0 N–H and O–H groups in total. The molecular weight excluding hydrogens is 359 g/mol. The third kappa shape index (κ3) is 3.76. The second-order valence-electron chi connectivity index (χ2n) is 3.30. The second-order valence-corrected chi connectivity index (χ2v) is 4.46. The van der Waals surface area contributed by atoms with Crippen LogP contribution >= 0.6 is 22.6 Å². The van der Waals surface area contributed by atoms with Crippen LogP contribution in [-0.2, 0) is 16.0 Å². The Labute approximate surface area is 117 Å². The van der Waals surface area contributed by atoms with Gasteiger partial charge >= 0.3 is 5.97 Å².